The number of carbonyl (C=O) groups excluding carboxylic acids is 1. The molecule has 0 aliphatic heterocycles. The summed E-state index contributed by atoms with van der Waals surface area (Å²) in [6, 6.07) is 13.2. The van der Waals surface area contributed by atoms with E-state index >= 15 is 0 Å². The lowest BCUT2D eigenvalue weighted by Crippen LogP contribution is -2.32. The number of azo groups is 1. The maximum Gasteiger partial charge on any atom is 0.308 e. The molecule has 0 saturated heterocycles. The lowest BCUT2D eigenvalue weighted by Gasteiger charge is -2.25. The first-order valence-corrected chi connectivity index (χ1v) is 11.9. The Hall–Kier alpha value is -3.41. The molecule has 0 bridgehead atoms. The summed E-state index contributed by atoms with van der Waals surface area (Å²) in [5.41, 5.74) is 2.03. The highest BCUT2D eigenvalue weighted by Gasteiger charge is 2.13. The molecular weight excluding hydrogens is 468 g/mol. The molecule has 196 valence electrons. The van der Waals surface area contributed by atoms with Crippen LogP contribution in [0.25, 0.3) is 0 Å². The summed E-state index contributed by atoms with van der Waals surface area (Å²) >= 11 is 0. The molecule has 0 spiro atoms. The monoisotopic (exact) mass is 502 g/mol. The third kappa shape index (κ3) is 10.5. The summed E-state index contributed by atoms with van der Waals surface area (Å²) in [6.45, 7) is 6.64. The van der Waals surface area contributed by atoms with Crippen LogP contribution in [0.2, 0.25) is 0 Å². The normalized spacial score (nSPS) is 12.0. The largest absolute Gasteiger partial charge is 0.464 e. The number of nitrogens with zero attached hydrogens (tertiary/aromatic N) is 4. The van der Waals surface area contributed by atoms with Gasteiger partial charge in [0, 0.05) is 24.4 Å². The zero-order valence-electron chi connectivity index (χ0n) is 20.7. The Kier molecular flexibility index (Phi) is 13.0. The van der Waals surface area contributed by atoms with E-state index in [2.05, 4.69) is 15.1 Å². The number of carbonyl (C=O) groups is 1. The zero-order valence-corrected chi connectivity index (χ0v) is 20.7. The average molecular weight is 503 g/mol. The molecule has 2 rings (SSSR count). The van der Waals surface area contributed by atoms with Gasteiger partial charge in [0.15, 0.2) is 0 Å². The summed E-state index contributed by atoms with van der Waals surface area (Å²) in [5.74, 6) is -0.349. The number of benzene rings is 2. The smallest absolute Gasteiger partial charge is 0.308 e. The van der Waals surface area contributed by atoms with Crippen LogP contribution in [0.15, 0.2) is 58.8 Å². The molecule has 0 amide bonds. The molecule has 0 saturated carbocycles. The Morgan fingerprint density at radius 1 is 0.944 bits per heavy atom. The van der Waals surface area contributed by atoms with E-state index in [9.17, 15) is 14.9 Å². The summed E-state index contributed by atoms with van der Waals surface area (Å²) in [6.07, 6.45) is 0.727. The van der Waals surface area contributed by atoms with Crippen LogP contribution in [0, 0.1) is 16.0 Å². The molecule has 2 aromatic carbocycles. The number of non-ortho nitro benzene ring substituents is 1. The molecule has 0 radical (unpaired) electrons. The molecule has 0 fully saturated rings. The minimum atomic E-state index is -0.465. The topological polar surface area (TPSA) is 136 Å². The molecule has 36 heavy (non-hydrogen) atoms. The maximum absolute atomic E-state index is 12.0. The van der Waals surface area contributed by atoms with Crippen LogP contribution in [0.3, 0.4) is 0 Å². The van der Waals surface area contributed by atoms with Crippen LogP contribution in [-0.2, 0) is 19.0 Å². The number of esters is 1. The Morgan fingerprint density at radius 3 is 2.06 bits per heavy atom. The summed E-state index contributed by atoms with van der Waals surface area (Å²) in [5, 5.41) is 27.8. The molecule has 2 aromatic rings. The van der Waals surface area contributed by atoms with Crippen molar-refractivity contribution in [1.29, 1.82) is 0 Å². The second-order valence-corrected chi connectivity index (χ2v) is 7.90. The quantitative estimate of drug-likeness (QED) is 0.110. The third-order valence-corrected chi connectivity index (χ3v) is 5.29. The SMILES string of the molecule is CCC(C)C(=O)OCCN(CCOCCOCCO)c1ccc(/N=N/c2ccc([N+](=O)[O-])cc2)cc1. The van der Waals surface area contributed by atoms with E-state index in [1.54, 1.807) is 0 Å². The first-order chi connectivity index (χ1) is 17.4. The number of rotatable bonds is 17. The molecule has 0 aliphatic carbocycles. The van der Waals surface area contributed by atoms with E-state index in [-0.39, 0.29) is 37.4 Å². The average Bonchev–Trinajstić information content (AvgIpc) is 2.90. The fraction of sp³-hybridized carbons (Fsp3) is 0.480. The van der Waals surface area contributed by atoms with Crippen LogP contribution in [-0.4, -0.2) is 68.7 Å². The number of anilines is 1. The molecule has 0 aromatic heterocycles. The van der Waals surface area contributed by atoms with E-state index in [1.807, 2.05) is 38.1 Å². The van der Waals surface area contributed by atoms with Crippen LogP contribution in [0.5, 0.6) is 0 Å². The van der Waals surface area contributed by atoms with Crippen molar-refractivity contribution in [2.24, 2.45) is 16.1 Å². The highest BCUT2D eigenvalue weighted by Crippen LogP contribution is 2.23. The van der Waals surface area contributed by atoms with Gasteiger partial charge in [-0.15, -0.1) is 0 Å². The van der Waals surface area contributed by atoms with Crippen LogP contribution >= 0.6 is 0 Å². The minimum absolute atomic E-state index is 0.00473. The molecule has 1 atom stereocenters. The Labute approximate surface area is 210 Å². The molecular formula is C25H34N4O7. The van der Waals surface area contributed by atoms with Gasteiger partial charge >= 0.3 is 5.97 Å². The van der Waals surface area contributed by atoms with E-state index < -0.39 is 4.92 Å². The zero-order chi connectivity index (χ0) is 26.2. The summed E-state index contributed by atoms with van der Waals surface area (Å²) < 4.78 is 16.2. The van der Waals surface area contributed by atoms with Crippen molar-refractivity contribution in [3.05, 3.63) is 58.6 Å². The Morgan fingerprint density at radius 2 is 1.50 bits per heavy atom. The Balaban J connectivity index is 1.96. The van der Waals surface area contributed by atoms with Gasteiger partial charge in [-0.3, -0.25) is 14.9 Å². The predicted molar refractivity (Wildman–Crippen MR) is 135 cm³/mol. The number of ether oxygens (including phenoxy) is 3. The molecule has 0 heterocycles. The second kappa shape index (κ2) is 16.3. The molecule has 0 aliphatic rings. The standard InChI is InChI=1S/C25H34N4O7/c1-3-20(2)25(31)36-16-13-28(12-15-34-18-19-35-17-14-30)23-8-4-21(5-9-23)26-27-22-6-10-24(11-7-22)29(32)33/h4-11,20,30H,3,12-19H2,1-2H3/b27-26+. The van der Waals surface area contributed by atoms with Crippen molar-refractivity contribution >= 4 is 28.7 Å². The van der Waals surface area contributed by atoms with E-state index in [4.69, 9.17) is 19.3 Å². The number of nitro groups is 1. The van der Waals surface area contributed by atoms with Crippen LogP contribution < -0.4 is 4.90 Å². The number of aliphatic hydroxyl groups is 1. The van der Waals surface area contributed by atoms with Crippen molar-refractivity contribution in [2.45, 2.75) is 20.3 Å². The van der Waals surface area contributed by atoms with Gasteiger partial charge in [-0.25, -0.2) is 0 Å². The fourth-order valence-corrected chi connectivity index (χ4v) is 2.98. The van der Waals surface area contributed by atoms with Gasteiger partial charge in [-0.1, -0.05) is 13.8 Å². The second-order valence-electron chi connectivity index (χ2n) is 7.90. The Bertz CT molecular complexity index is 952. The fourth-order valence-electron chi connectivity index (χ4n) is 2.98. The van der Waals surface area contributed by atoms with E-state index in [0.29, 0.717) is 44.3 Å². The van der Waals surface area contributed by atoms with Gasteiger partial charge < -0.3 is 24.2 Å². The number of nitro benzene ring substituents is 1. The van der Waals surface area contributed by atoms with Crippen molar-refractivity contribution in [3.8, 4) is 0 Å². The molecule has 11 heteroatoms. The third-order valence-electron chi connectivity index (χ3n) is 5.29. The number of aliphatic hydroxyl groups excluding tert-OH is 1. The summed E-state index contributed by atoms with van der Waals surface area (Å²) in [7, 11) is 0. The first kappa shape index (κ1) is 28.8. The van der Waals surface area contributed by atoms with Crippen molar-refractivity contribution in [3.63, 3.8) is 0 Å². The predicted octanol–water partition coefficient (Wildman–Crippen LogP) is 4.43. The first-order valence-electron chi connectivity index (χ1n) is 11.9. The van der Waals surface area contributed by atoms with Crippen molar-refractivity contribution in [2.75, 3.05) is 57.6 Å². The highest BCUT2D eigenvalue weighted by molar-refractivity contribution is 5.71. The van der Waals surface area contributed by atoms with Crippen LogP contribution in [0.1, 0.15) is 20.3 Å². The maximum atomic E-state index is 12.0. The van der Waals surface area contributed by atoms with Gasteiger partial charge in [0.25, 0.3) is 5.69 Å². The lowest BCUT2D eigenvalue weighted by molar-refractivity contribution is -0.384. The van der Waals surface area contributed by atoms with Gasteiger partial charge in [0.1, 0.15) is 6.61 Å². The highest BCUT2D eigenvalue weighted by atomic mass is 16.6. The van der Waals surface area contributed by atoms with Crippen molar-refractivity contribution < 1.29 is 29.0 Å². The number of hydrogen-bond acceptors (Lipinski definition) is 10. The van der Waals surface area contributed by atoms with E-state index in [1.165, 1.54) is 24.3 Å². The minimum Gasteiger partial charge on any atom is -0.464 e. The lowest BCUT2D eigenvalue weighted by atomic mass is 10.1. The molecule has 1 N–H and O–H groups in total. The van der Waals surface area contributed by atoms with Gasteiger partial charge in [-0.05, 0) is 42.8 Å². The van der Waals surface area contributed by atoms with E-state index in [0.717, 1.165) is 12.1 Å². The van der Waals surface area contributed by atoms with Gasteiger partial charge in [0.2, 0.25) is 0 Å². The summed E-state index contributed by atoms with van der Waals surface area (Å²) in [4.78, 5) is 24.4. The van der Waals surface area contributed by atoms with Gasteiger partial charge in [0.05, 0.1) is 61.8 Å². The molecule has 1 unspecified atom stereocenters. The number of hydrogen-bond donors (Lipinski definition) is 1. The molecule has 11 nitrogen and oxygen atoms in total. The van der Waals surface area contributed by atoms with Crippen molar-refractivity contribution in [1.82, 2.24) is 0 Å². The van der Waals surface area contributed by atoms with Crippen LogP contribution in [0.4, 0.5) is 22.7 Å². The van der Waals surface area contributed by atoms with Gasteiger partial charge in [-0.2, -0.15) is 10.2 Å².